The number of hydrogen-bond donors (Lipinski definition) is 0. The Hall–Kier alpha value is -0.820. The predicted octanol–water partition coefficient (Wildman–Crippen LogP) is 3.96. The highest BCUT2D eigenvalue weighted by Gasteiger charge is 2.31. The lowest BCUT2D eigenvalue weighted by Gasteiger charge is -2.12. The van der Waals surface area contributed by atoms with E-state index >= 15 is 0 Å². The summed E-state index contributed by atoms with van der Waals surface area (Å²) in [7, 11) is 0. The van der Waals surface area contributed by atoms with Gasteiger partial charge in [-0.3, -0.25) is 0 Å². The van der Waals surface area contributed by atoms with E-state index in [0.717, 1.165) is 0 Å². The molecule has 1 aromatic heterocycles. The van der Waals surface area contributed by atoms with Gasteiger partial charge in [0.25, 0.3) is 0 Å². The monoisotopic (exact) mass is 188 g/mol. The van der Waals surface area contributed by atoms with Crippen LogP contribution in [-0.4, -0.2) is 0 Å². The minimum atomic E-state index is 0.376. The Morgan fingerprint density at radius 3 is 3.00 bits per heavy atom. The average Bonchev–Trinajstić information content (AvgIpc) is 2.58. The molecule has 2 aliphatic rings. The fraction of sp³-hybridized carbons (Fsp3) is 0.333. The van der Waals surface area contributed by atoms with Crippen molar-refractivity contribution in [3.8, 4) is 0 Å². The van der Waals surface area contributed by atoms with E-state index in [0.29, 0.717) is 5.41 Å². The first-order chi connectivity index (χ1) is 6.16. The maximum atomic E-state index is 2.43. The van der Waals surface area contributed by atoms with Crippen LogP contribution in [0.3, 0.4) is 0 Å². The standard InChI is InChI=1S/C12H12S/c1-12(2)4-8-3-9-6-13-7-11(9)10(8)5-12/h3,5-7H,4H2,1-2H3. The second-order valence-electron chi connectivity index (χ2n) is 4.63. The van der Waals surface area contributed by atoms with Gasteiger partial charge in [0.1, 0.15) is 0 Å². The van der Waals surface area contributed by atoms with E-state index < -0.39 is 0 Å². The summed E-state index contributed by atoms with van der Waals surface area (Å²) in [6.45, 7) is 4.62. The van der Waals surface area contributed by atoms with Gasteiger partial charge in [-0.15, -0.1) is 0 Å². The Bertz CT molecular complexity index is 430. The van der Waals surface area contributed by atoms with Crippen LogP contribution in [0.15, 0.2) is 22.4 Å². The molecular weight excluding hydrogens is 176 g/mol. The Labute approximate surface area is 82.6 Å². The fourth-order valence-electron chi connectivity index (χ4n) is 2.33. The summed E-state index contributed by atoms with van der Waals surface area (Å²) in [5, 5.41) is 4.51. The first-order valence-corrected chi connectivity index (χ1v) is 5.60. The molecule has 0 fully saturated rings. The van der Waals surface area contributed by atoms with Crippen LogP contribution in [0.25, 0.3) is 11.6 Å². The Morgan fingerprint density at radius 1 is 1.31 bits per heavy atom. The van der Waals surface area contributed by atoms with Crippen molar-refractivity contribution in [2.45, 2.75) is 20.3 Å². The Balaban J connectivity index is 2.21. The first kappa shape index (κ1) is 7.57. The van der Waals surface area contributed by atoms with Gasteiger partial charge in [-0.2, -0.15) is 11.3 Å². The third-order valence-electron chi connectivity index (χ3n) is 2.84. The van der Waals surface area contributed by atoms with Crippen molar-refractivity contribution in [2.75, 3.05) is 0 Å². The highest BCUT2D eigenvalue weighted by molar-refractivity contribution is 7.08. The minimum absolute atomic E-state index is 0.376. The highest BCUT2D eigenvalue weighted by Crippen LogP contribution is 2.49. The van der Waals surface area contributed by atoms with Crippen molar-refractivity contribution in [1.29, 1.82) is 0 Å². The lowest BCUT2D eigenvalue weighted by atomic mass is 9.92. The molecular formula is C12H12S. The summed E-state index contributed by atoms with van der Waals surface area (Å²) in [4.78, 5) is 0. The van der Waals surface area contributed by atoms with E-state index in [9.17, 15) is 0 Å². The van der Waals surface area contributed by atoms with Crippen molar-refractivity contribution in [1.82, 2.24) is 0 Å². The molecule has 0 saturated carbocycles. The van der Waals surface area contributed by atoms with Gasteiger partial charge in [0.2, 0.25) is 0 Å². The molecule has 0 radical (unpaired) electrons. The summed E-state index contributed by atoms with van der Waals surface area (Å²) >= 11 is 1.81. The minimum Gasteiger partial charge on any atom is -0.151 e. The molecule has 0 atom stereocenters. The van der Waals surface area contributed by atoms with Gasteiger partial charge < -0.3 is 0 Å². The molecule has 13 heavy (non-hydrogen) atoms. The number of rotatable bonds is 0. The molecule has 0 aromatic carbocycles. The van der Waals surface area contributed by atoms with Gasteiger partial charge in [-0.05, 0) is 50.9 Å². The quantitative estimate of drug-likeness (QED) is 0.578. The third-order valence-corrected chi connectivity index (χ3v) is 3.60. The first-order valence-electron chi connectivity index (χ1n) is 4.66. The van der Waals surface area contributed by atoms with Gasteiger partial charge in [-0.25, -0.2) is 0 Å². The van der Waals surface area contributed by atoms with Crippen molar-refractivity contribution >= 4 is 23.0 Å². The summed E-state index contributed by atoms with van der Waals surface area (Å²) in [5.74, 6) is 0. The third kappa shape index (κ3) is 0.969. The number of hydrogen-bond acceptors (Lipinski definition) is 1. The van der Waals surface area contributed by atoms with Crippen molar-refractivity contribution in [3.63, 3.8) is 0 Å². The highest BCUT2D eigenvalue weighted by atomic mass is 32.1. The Morgan fingerprint density at radius 2 is 2.15 bits per heavy atom. The molecule has 0 saturated heterocycles. The average molecular weight is 188 g/mol. The molecule has 0 aliphatic heterocycles. The van der Waals surface area contributed by atoms with E-state index in [2.05, 4.69) is 36.8 Å². The largest absolute Gasteiger partial charge is 0.151 e. The second-order valence-corrected chi connectivity index (χ2v) is 5.38. The summed E-state index contributed by atoms with van der Waals surface area (Å²) in [6, 6.07) is 0. The summed E-state index contributed by atoms with van der Waals surface area (Å²) in [5.41, 5.74) is 6.32. The zero-order valence-corrected chi connectivity index (χ0v) is 8.74. The number of thiophene rings is 1. The molecule has 2 aliphatic carbocycles. The molecule has 0 amide bonds. The van der Waals surface area contributed by atoms with Gasteiger partial charge in [0.15, 0.2) is 0 Å². The normalized spacial score (nSPS) is 22.3. The van der Waals surface area contributed by atoms with Crippen molar-refractivity contribution in [2.24, 2.45) is 5.41 Å². The summed E-state index contributed by atoms with van der Waals surface area (Å²) < 4.78 is 0. The molecule has 1 heteroatoms. The van der Waals surface area contributed by atoms with Crippen LogP contribution >= 0.6 is 11.3 Å². The van der Waals surface area contributed by atoms with Gasteiger partial charge in [-0.1, -0.05) is 19.9 Å². The van der Waals surface area contributed by atoms with E-state index in [1.165, 1.54) is 23.1 Å². The van der Waals surface area contributed by atoms with Crippen LogP contribution in [0.5, 0.6) is 0 Å². The molecule has 1 heterocycles. The van der Waals surface area contributed by atoms with E-state index in [-0.39, 0.29) is 0 Å². The van der Waals surface area contributed by atoms with Gasteiger partial charge >= 0.3 is 0 Å². The van der Waals surface area contributed by atoms with Crippen LogP contribution in [0, 0.1) is 5.41 Å². The van der Waals surface area contributed by atoms with E-state index in [4.69, 9.17) is 0 Å². The molecule has 0 spiro atoms. The molecule has 66 valence electrons. The van der Waals surface area contributed by atoms with Crippen LogP contribution in [0.1, 0.15) is 31.4 Å². The lowest BCUT2D eigenvalue weighted by Crippen LogP contribution is -2.01. The van der Waals surface area contributed by atoms with E-state index in [1.807, 2.05) is 0 Å². The van der Waals surface area contributed by atoms with E-state index in [1.54, 1.807) is 16.9 Å². The molecule has 0 unspecified atom stereocenters. The fourth-order valence-corrected chi connectivity index (χ4v) is 3.13. The summed E-state index contributed by atoms with van der Waals surface area (Å²) in [6.07, 6.45) is 5.99. The van der Waals surface area contributed by atoms with Gasteiger partial charge in [0.05, 0.1) is 0 Å². The molecule has 0 N–H and O–H groups in total. The maximum Gasteiger partial charge on any atom is -0.000431 e. The van der Waals surface area contributed by atoms with Crippen molar-refractivity contribution in [3.05, 3.63) is 33.5 Å². The number of allylic oxidation sites excluding steroid dienone is 3. The smallest absolute Gasteiger partial charge is 0.000431 e. The second kappa shape index (κ2) is 2.16. The molecule has 1 aromatic rings. The molecule has 0 nitrogen and oxygen atoms in total. The maximum absolute atomic E-state index is 2.43. The zero-order valence-electron chi connectivity index (χ0n) is 7.92. The topological polar surface area (TPSA) is 0 Å². The SMILES string of the molecule is CC1(C)C=C2C(=Cc3cscc32)C1. The number of fused-ring (bicyclic) bond motifs is 3. The van der Waals surface area contributed by atoms with Crippen LogP contribution in [-0.2, 0) is 0 Å². The van der Waals surface area contributed by atoms with Crippen LogP contribution < -0.4 is 0 Å². The lowest BCUT2D eigenvalue weighted by molar-refractivity contribution is 0.500. The molecule has 3 rings (SSSR count). The van der Waals surface area contributed by atoms with Crippen LogP contribution in [0.4, 0.5) is 0 Å². The van der Waals surface area contributed by atoms with Crippen LogP contribution in [0.2, 0.25) is 0 Å². The van der Waals surface area contributed by atoms with Crippen molar-refractivity contribution < 1.29 is 0 Å². The van der Waals surface area contributed by atoms with Gasteiger partial charge in [0, 0.05) is 0 Å². The molecule has 0 bridgehead atoms. The Kier molecular flexibility index (Phi) is 1.26. The predicted molar refractivity (Wildman–Crippen MR) is 58.7 cm³/mol. The zero-order chi connectivity index (χ0) is 9.05.